The number of ether oxygens (including phenoxy) is 1. The zero-order chi connectivity index (χ0) is 15.0. The summed E-state index contributed by atoms with van der Waals surface area (Å²) in [5.41, 5.74) is -0.329. The Morgan fingerprint density at radius 3 is 2.45 bits per heavy atom. The van der Waals surface area contributed by atoms with Crippen LogP contribution >= 0.6 is 0 Å². The Balaban J connectivity index is 2.54. The summed E-state index contributed by atoms with van der Waals surface area (Å²) in [5, 5.41) is 29.7. The Morgan fingerprint density at radius 2 is 1.90 bits per heavy atom. The van der Waals surface area contributed by atoms with Crippen LogP contribution in [0.3, 0.4) is 0 Å². The summed E-state index contributed by atoms with van der Waals surface area (Å²) in [5.74, 6) is 0.0474. The molecule has 1 aromatic rings. The highest BCUT2D eigenvalue weighted by atomic mass is 16.5. The van der Waals surface area contributed by atoms with Gasteiger partial charge in [0.05, 0.1) is 19.8 Å². The van der Waals surface area contributed by atoms with Gasteiger partial charge in [-0.3, -0.25) is 4.79 Å². The Hall–Kier alpha value is -1.63. The Morgan fingerprint density at radius 1 is 1.25 bits per heavy atom. The first-order valence-electron chi connectivity index (χ1n) is 6.44. The largest absolute Gasteiger partial charge is 0.484 e. The monoisotopic (exact) mass is 283 g/mol. The van der Waals surface area contributed by atoms with Gasteiger partial charge in [0, 0.05) is 0 Å². The van der Waals surface area contributed by atoms with Gasteiger partial charge in [0.1, 0.15) is 11.3 Å². The first-order valence-corrected chi connectivity index (χ1v) is 6.44. The Labute approximate surface area is 118 Å². The average molecular weight is 283 g/mol. The third-order valence-corrected chi connectivity index (χ3v) is 2.99. The lowest BCUT2D eigenvalue weighted by atomic mass is 10.0. The van der Waals surface area contributed by atoms with Crippen molar-refractivity contribution in [3.05, 3.63) is 29.8 Å². The molecule has 112 valence electrons. The first kappa shape index (κ1) is 16.4. The standard InChI is InChI=1S/C14H21NO5/c1-2-11-4-3-5-12(6-11)20-7-13(19)15-14(8-16,9-17)10-18/h3-6,16-18H,2,7-10H2,1H3,(H,15,19). The molecule has 0 fully saturated rings. The van der Waals surface area contributed by atoms with Gasteiger partial charge in [-0.15, -0.1) is 0 Å². The number of hydrogen-bond acceptors (Lipinski definition) is 5. The first-order chi connectivity index (χ1) is 9.59. The van der Waals surface area contributed by atoms with Gasteiger partial charge in [-0.05, 0) is 24.1 Å². The van der Waals surface area contributed by atoms with Crippen LogP contribution in [0, 0.1) is 0 Å². The van der Waals surface area contributed by atoms with Crippen molar-refractivity contribution in [2.75, 3.05) is 26.4 Å². The molecule has 1 aromatic carbocycles. The fraction of sp³-hybridized carbons (Fsp3) is 0.500. The molecule has 0 heterocycles. The van der Waals surface area contributed by atoms with E-state index in [9.17, 15) is 4.79 Å². The van der Waals surface area contributed by atoms with Gasteiger partial charge in [0.25, 0.3) is 5.91 Å². The molecule has 0 unspecified atom stereocenters. The molecule has 0 atom stereocenters. The summed E-state index contributed by atoms with van der Waals surface area (Å²) < 4.78 is 5.33. The van der Waals surface area contributed by atoms with E-state index in [1.54, 1.807) is 6.07 Å². The van der Waals surface area contributed by atoms with Crippen molar-refractivity contribution in [3.63, 3.8) is 0 Å². The molecule has 1 amide bonds. The lowest BCUT2D eigenvalue weighted by Gasteiger charge is -2.28. The van der Waals surface area contributed by atoms with Crippen molar-refractivity contribution >= 4 is 5.91 Å². The van der Waals surface area contributed by atoms with Crippen LogP contribution in [-0.2, 0) is 11.2 Å². The smallest absolute Gasteiger partial charge is 0.258 e. The second kappa shape index (κ2) is 7.84. The summed E-state index contributed by atoms with van der Waals surface area (Å²) in [6, 6.07) is 7.38. The Bertz CT molecular complexity index is 423. The molecule has 20 heavy (non-hydrogen) atoms. The number of carbonyl (C=O) groups is 1. The van der Waals surface area contributed by atoms with Crippen LogP contribution in [0.1, 0.15) is 12.5 Å². The van der Waals surface area contributed by atoms with E-state index < -0.39 is 31.3 Å². The number of nitrogens with one attached hydrogen (secondary N) is 1. The molecule has 0 spiro atoms. The van der Waals surface area contributed by atoms with Crippen molar-refractivity contribution in [2.45, 2.75) is 18.9 Å². The summed E-state index contributed by atoms with van der Waals surface area (Å²) in [6.45, 7) is 0.0873. The molecule has 0 bridgehead atoms. The van der Waals surface area contributed by atoms with Gasteiger partial charge in [-0.25, -0.2) is 0 Å². The fourth-order valence-corrected chi connectivity index (χ4v) is 1.60. The molecular formula is C14H21NO5. The van der Waals surface area contributed by atoms with Crippen molar-refractivity contribution in [3.8, 4) is 5.75 Å². The second-order valence-electron chi connectivity index (χ2n) is 4.59. The molecule has 0 aliphatic carbocycles. The highest BCUT2D eigenvalue weighted by Crippen LogP contribution is 2.13. The second-order valence-corrected chi connectivity index (χ2v) is 4.59. The number of hydrogen-bond donors (Lipinski definition) is 4. The van der Waals surface area contributed by atoms with E-state index in [1.165, 1.54) is 0 Å². The van der Waals surface area contributed by atoms with E-state index in [-0.39, 0.29) is 6.61 Å². The third-order valence-electron chi connectivity index (χ3n) is 2.99. The highest BCUT2D eigenvalue weighted by molar-refractivity contribution is 5.78. The molecule has 4 N–H and O–H groups in total. The summed E-state index contributed by atoms with van der Waals surface area (Å²) in [6.07, 6.45) is 0.867. The lowest BCUT2D eigenvalue weighted by Crippen LogP contribution is -2.58. The zero-order valence-corrected chi connectivity index (χ0v) is 11.5. The summed E-state index contributed by atoms with van der Waals surface area (Å²) >= 11 is 0. The molecule has 0 radical (unpaired) electrons. The van der Waals surface area contributed by atoms with Gasteiger partial charge < -0.3 is 25.4 Å². The maximum atomic E-state index is 11.7. The minimum atomic E-state index is -1.42. The fourth-order valence-electron chi connectivity index (χ4n) is 1.60. The molecule has 6 nitrogen and oxygen atoms in total. The topological polar surface area (TPSA) is 99.0 Å². The van der Waals surface area contributed by atoms with E-state index in [1.807, 2.05) is 25.1 Å². The van der Waals surface area contributed by atoms with Gasteiger partial charge in [0.2, 0.25) is 0 Å². The highest BCUT2D eigenvalue weighted by Gasteiger charge is 2.29. The number of amides is 1. The quantitative estimate of drug-likeness (QED) is 0.513. The van der Waals surface area contributed by atoms with Crippen LogP contribution < -0.4 is 10.1 Å². The number of aliphatic hydroxyl groups is 3. The lowest BCUT2D eigenvalue weighted by molar-refractivity contribution is -0.127. The maximum absolute atomic E-state index is 11.7. The van der Waals surface area contributed by atoms with Gasteiger partial charge in [0.15, 0.2) is 6.61 Å². The van der Waals surface area contributed by atoms with Crippen LogP contribution in [0.25, 0.3) is 0 Å². The molecule has 0 saturated heterocycles. The van der Waals surface area contributed by atoms with E-state index in [0.717, 1.165) is 12.0 Å². The minimum absolute atomic E-state index is 0.255. The molecule has 0 saturated carbocycles. The van der Waals surface area contributed by atoms with Crippen LogP contribution in [0.4, 0.5) is 0 Å². The number of aryl methyl sites for hydroxylation is 1. The van der Waals surface area contributed by atoms with E-state index >= 15 is 0 Å². The van der Waals surface area contributed by atoms with Crippen molar-refractivity contribution < 1.29 is 24.9 Å². The molecule has 0 aliphatic heterocycles. The predicted octanol–water partition coefficient (Wildman–Crippen LogP) is -0.540. The van der Waals surface area contributed by atoms with Gasteiger partial charge in [-0.1, -0.05) is 19.1 Å². The van der Waals surface area contributed by atoms with Crippen LogP contribution in [-0.4, -0.2) is 53.2 Å². The molecule has 1 rings (SSSR count). The predicted molar refractivity (Wildman–Crippen MR) is 73.4 cm³/mol. The zero-order valence-electron chi connectivity index (χ0n) is 11.5. The third kappa shape index (κ3) is 4.48. The normalized spacial score (nSPS) is 11.2. The number of aliphatic hydroxyl groups excluding tert-OH is 3. The number of benzene rings is 1. The minimum Gasteiger partial charge on any atom is -0.484 e. The van der Waals surface area contributed by atoms with Crippen LogP contribution in [0.15, 0.2) is 24.3 Å². The van der Waals surface area contributed by atoms with Gasteiger partial charge >= 0.3 is 0 Å². The number of rotatable bonds is 8. The molecular weight excluding hydrogens is 262 g/mol. The van der Waals surface area contributed by atoms with E-state index in [4.69, 9.17) is 20.1 Å². The van der Waals surface area contributed by atoms with Crippen molar-refractivity contribution in [1.29, 1.82) is 0 Å². The summed E-state index contributed by atoms with van der Waals surface area (Å²) in [7, 11) is 0. The van der Waals surface area contributed by atoms with Crippen molar-refractivity contribution in [2.24, 2.45) is 0 Å². The van der Waals surface area contributed by atoms with Crippen LogP contribution in [0.2, 0.25) is 0 Å². The molecule has 0 aromatic heterocycles. The Kier molecular flexibility index (Phi) is 6.44. The SMILES string of the molecule is CCc1cccc(OCC(=O)NC(CO)(CO)CO)c1. The average Bonchev–Trinajstić information content (AvgIpc) is 2.51. The summed E-state index contributed by atoms with van der Waals surface area (Å²) in [4.78, 5) is 11.7. The molecule has 0 aliphatic rings. The van der Waals surface area contributed by atoms with Gasteiger partial charge in [-0.2, -0.15) is 0 Å². The maximum Gasteiger partial charge on any atom is 0.258 e. The van der Waals surface area contributed by atoms with Crippen LogP contribution in [0.5, 0.6) is 5.75 Å². The van der Waals surface area contributed by atoms with E-state index in [0.29, 0.717) is 5.75 Å². The molecule has 6 heteroatoms. The number of carbonyl (C=O) groups excluding carboxylic acids is 1. The van der Waals surface area contributed by atoms with E-state index in [2.05, 4.69) is 5.32 Å². The van der Waals surface area contributed by atoms with Crippen molar-refractivity contribution in [1.82, 2.24) is 5.32 Å².